The first-order valence-corrected chi connectivity index (χ1v) is 12.1. The lowest BCUT2D eigenvalue weighted by molar-refractivity contribution is -0.130. The van der Waals surface area contributed by atoms with E-state index in [1.807, 2.05) is 24.3 Å². The van der Waals surface area contributed by atoms with Gasteiger partial charge in [0.15, 0.2) is 0 Å². The number of anilines is 1. The summed E-state index contributed by atoms with van der Waals surface area (Å²) in [4.78, 5) is 28.7. The van der Waals surface area contributed by atoms with Gasteiger partial charge in [-0.15, -0.1) is 0 Å². The molecule has 1 heterocycles. The quantitative estimate of drug-likeness (QED) is 0.659. The zero-order valence-electron chi connectivity index (χ0n) is 17.7. The average molecular weight is 499 g/mol. The Balaban J connectivity index is 1.56. The maximum absolute atomic E-state index is 12.5. The number of rotatable bonds is 6. The van der Waals surface area contributed by atoms with Crippen molar-refractivity contribution in [3.05, 3.63) is 58.1 Å². The zero-order chi connectivity index (χ0) is 23.5. The van der Waals surface area contributed by atoms with Crippen molar-refractivity contribution in [2.45, 2.75) is 4.90 Å². The van der Waals surface area contributed by atoms with Crippen LogP contribution in [0.4, 0.5) is 5.69 Å². The summed E-state index contributed by atoms with van der Waals surface area (Å²) in [7, 11) is -1.05. The highest BCUT2D eigenvalue weighted by Crippen LogP contribution is 2.25. The van der Waals surface area contributed by atoms with Gasteiger partial charge in [0.2, 0.25) is 15.9 Å². The summed E-state index contributed by atoms with van der Waals surface area (Å²) in [5.74, 6) is -0.755. The summed E-state index contributed by atoms with van der Waals surface area (Å²) in [6.07, 6.45) is 0. The molecule has 1 aliphatic rings. The van der Waals surface area contributed by atoms with Crippen LogP contribution in [0.3, 0.4) is 0 Å². The molecule has 0 unspecified atom stereocenters. The van der Waals surface area contributed by atoms with Crippen LogP contribution >= 0.6 is 23.2 Å². The van der Waals surface area contributed by atoms with Crippen LogP contribution in [-0.2, 0) is 14.8 Å². The van der Waals surface area contributed by atoms with E-state index >= 15 is 0 Å². The van der Waals surface area contributed by atoms with Crippen molar-refractivity contribution >= 4 is 50.7 Å². The summed E-state index contributed by atoms with van der Waals surface area (Å²) < 4.78 is 25.8. The molecule has 0 atom stereocenters. The smallest absolute Gasteiger partial charge is 0.251 e. The molecule has 1 N–H and O–H groups in total. The van der Waals surface area contributed by atoms with Gasteiger partial charge >= 0.3 is 0 Å². The van der Waals surface area contributed by atoms with E-state index < -0.39 is 15.9 Å². The third-order valence-electron chi connectivity index (χ3n) is 5.18. The minimum absolute atomic E-state index is 0.0184. The van der Waals surface area contributed by atoms with Gasteiger partial charge in [0.25, 0.3) is 5.91 Å². The molecule has 0 aliphatic carbocycles. The highest BCUT2D eigenvalue weighted by molar-refractivity contribution is 7.89. The zero-order valence-corrected chi connectivity index (χ0v) is 20.0. The maximum atomic E-state index is 12.5. The Hall–Kier alpha value is -2.33. The predicted molar refractivity (Wildman–Crippen MR) is 125 cm³/mol. The van der Waals surface area contributed by atoms with Gasteiger partial charge < -0.3 is 15.1 Å². The number of hydrogen-bond donors (Lipinski definition) is 1. The number of amides is 2. The largest absolute Gasteiger partial charge is 0.368 e. The fraction of sp³-hybridized carbons (Fsp3) is 0.333. The second-order valence-corrected chi connectivity index (χ2v) is 10.4. The number of carbonyl (C=O) groups excluding carboxylic acids is 2. The molecule has 1 fully saturated rings. The van der Waals surface area contributed by atoms with E-state index in [2.05, 4.69) is 10.2 Å². The standard InChI is InChI=1S/C21H24Cl2N4O4S/c1-25(2)32(30,31)19-13-15(3-8-18(19)23)21(29)24-14-20(28)27-11-9-26(10-12-27)17-6-4-16(22)5-7-17/h3-8,13H,9-12,14H2,1-2H3,(H,24,29). The topological polar surface area (TPSA) is 90.0 Å². The van der Waals surface area contributed by atoms with E-state index in [0.717, 1.165) is 9.99 Å². The monoisotopic (exact) mass is 498 g/mol. The summed E-state index contributed by atoms with van der Waals surface area (Å²) in [6, 6.07) is 11.5. The molecule has 0 bridgehead atoms. The number of nitrogens with one attached hydrogen (secondary N) is 1. The van der Waals surface area contributed by atoms with Crippen LogP contribution in [-0.4, -0.2) is 76.3 Å². The highest BCUT2D eigenvalue weighted by atomic mass is 35.5. The third kappa shape index (κ3) is 5.53. The van der Waals surface area contributed by atoms with Crippen molar-refractivity contribution in [2.24, 2.45) is 0 Å². The lowest BCUT2D eigenvalue weighted by Gasteiger charge is -2.36. The first-order chi connectivity index (χ1) is 15.1. The summed E-state index contributed by atoms with van der Waals surface area (Å²) >= 11 is 11.9. The fourth-order valence-electron chi connectivity index (χ4n) is 3.27. The second kappa shape index (κ2) is 10.1. The number of nitrogens with zero attached hydrogens (tertiary/aromatic N) is 3. The van der Waals surface area contributed by atoms with Crippen LogP contribution < -0.4 is 10.2 Å². The fourth-order valence-corrected chi connectivity index (χ4v) is 4.79. The maximum Gasteiger partial charge on any atom is 0.251 e. The predicted octanol–water partition coefficient (Wildman–Crippen LogP) is 2.32. The highest BCUT2D eigenvalue weighted by Gasteiger charge is 2.24. The van der Waals surface area contributed by atoms with Gasteiger partial charge in [-0.2, -0.15) is 0 Å². The SMILES string of the molecule is CN(C)S(=O)(=O)c1cc(C(=O)NCC(=O)N2CCN(c3ccc(Cl)cc3)CC2)ccc1Cl. The van der Waals surface area contributed by atoms with Crippen LogP contribution in [0.2, 0.25) is 10.0 Å². The molecule has 0 radical (unpaired) electrons. The molecule has 2 amide bonds. The van der Waals surface area contributed by atoms with E-state index in [-0.39, 0.29) is 27.9 Å². The number of hydrogen-bond acceptors (Lipinski definition) is 5. The third-order valence-corrected chi connectivity index (χ3v) is 7.72. The van der Waals surface area contributed by atoms with Gasteiger partial charge in [-0.05, 0) is 42.5 Å². The molecule has 8 nitrogen and oxygen atoms in total. The second-order valence-electron chi connectivity index (χ2n) is 7.46. The van der Waals surface area contributed by atoms with Crippen molar-refractivity contribution in [1.82, 2.24) is 14.5 Å². The Morgan fingerprint density at radius 1 is 1.00 bits per heavy atom. The molecule has 0 aromatic heterocycles. The number of carbonyl (C=O) groups is 2. The van der Waals surface area contributed by atoms with E-state index in [1.54, 1.807) is 4.90 Å². The molecule has 1 aliphatic heterocycles. The van der Waals surface area contributed by atoms with Crippen molar-refractivity contribution in [3.8, 4) is 0 Å². The number of halogens is 2. The Morgan fingerprint density at radius 3 is 2.22 bits per heavy atom. The van der Waals surface area contributed by atoms with E-state index in [9.17, 15) is 18.0 Å². The van der Waals surface area contributed by atoms with Crippen molar-refractivity contribution < 1.29 is 18.0 Å². The molecule has 3 rings (SSSR count). The van der Waals surface area contributed by atoms with Crippen LogP contribution in [0.1, 0.15) is 10.4 Å². The average Bonchev–Trinajstić information content (AvgIpc) is 2.78. The molecule has 0 saturated carbocycles. The van der Waals surface area contributed by atoms with Crippen LogP contribution in [0.25, 0.3) is 0 Å². The Labute approximate surface area is 197 Å². The molecular formula is C21H24Cl2N4O4S. The lowest BCUT2D eigenvalue weighted by atomic mass is 10.2. The summed E-state index contributed by atoms with van der Waals surface area (Å²) in [5.41, 5.74) is 1.15. The summed E-state index contributed by atoms with van der Waals surface area (Å²) in [5, 5.41) is 3.25. The number of benzene rings is 2. The first-order valence-electron chi connectivity index (χ1n) is 9.88. The van der Waals surface area contributed by atoms with Gasteiger partial charge in [-0.1, -0.05) is 23.2 Å². The first kappa shape index (κ1) is 24.3. The van der Waals surface area contributed by atoms with Crippen molar-refractivity contribution in [1.29, 1.82) is 0 Å². The van der Waals surface area contributed by atoms with Gasteiger partial charge in [-0.3, -0.25) is 9.59 Å². The van der Waals surface area contributed by atoms with Crippen LogP contribution in [0.15, 0.2) is 47.4 Å². The van der Waals surface area contributed by atoms with Gasteiger partial charge in [0.1, 0.15) is 4.90 Å². The van der Waals surface area contributed by atoms with E-state index in [4.69, 9.17) is 23.2 Å². The van der Waals surface area contributed by atoms with E-state index in [1.165, 1.54) is 32.3 Å². The normalized spacial score (nSPS) is 14.5. The Morgan fingerprint density at radius 2 is 1.62 bits per heavy atom. The van der Waals surface area contributed by atoms with Gasteiger partial charge in [-0.25, -0.2) is 12.7 Å². The van der Waals surface area contributed by atoms with Gasteiger partial charge in [0.05, 0.1) is 11.6 Å². The minimum Gasteiger partial charge on any atom is -0.368 e. The van der Waals surface area contributed by atoms with Crippen molar-refractivity contribution in [3.63, 3.8) is 0 Å². The minimum atomic E-state index is -3.81. The van der Waals surface area contributed by atoms with Crippen LogP contribution in [0.5, 0.6) is 0 Å². The lowest BCUT2D eigenvalue weighted by Crippen LogP contribution is -2.51. The molecule has 11 heteroatoms. The summed E-state index contributed by atoms with van der Waals surface area (Å²) in [6.45, 7) is 2.22. The van der Waals surface area contributed by atoms with E-state index in [0.29, 0.717) is 31.2 Å². The Bertz CT molecular complexity index is 1100. The molecule has 0 spiro atoms. The van der Waals surface area contributed by atoms with Crippen LogP contribution in [0, 0.1) is 0 Å². The van der Waals surface area contributed by atoms with Crippen molar-refractivity contribution in [2.75, 3.05) is 51.7 Å². The molecule has 1 saturated heterocycles. The number of piperazine rings is 1. The molecule has 32 heavy (non-hydrogen) atoms. The molecule has 2 aromatic rings. The molecule has 172 valence electrons. The Kier molecular flexibility index (Phi) is 7.66. The van der Waals surface area contributed by atoms with Gasteiger partial charge in [0, 0.05) is 56.5 Å². The molecule has 2 aromatic carbocycles. The number of sulfonamides is 1. The molecular weight excluding hydrogens is 475 g/mol.